The van der Waals surface area contributed by atoms with Crippen molar-refractivity contribution < 1.29 is 18.3 Å². The molecule has 2 N–H and O–H groups in total. The second-order valence-electron chi connectivity index (χ2n) is 4.93. The number of aromatic nitrogens is 1. The lowest BCUT2D eigenvalue weighted by molar-refractivity contribution is 0.0697. The van der Waals surface area contributed by atoms with Crippen LogP contribution in [0.1, 0.15) is 15.9 Å². The van der Waals surface area contributed by atoms with Gasteiger partial charge < -0.3 is 5.11 Å². The van der Waals surface area contributed by atoms with Gasteiger partial charge in [0.05, 0.1) is 20.7 Å². The first-order valence-corrected chi connectivity index (χ1v) is 8.88. The van der Waals surface area contributed by atoms with Gasteiger partial charge in [-0.3, -0.25) is 4.72 Å². The Kier molecular flexibility index (Phi) is 3.78. The van der Waals surface area contributed by atoms with E-state index in [1.807, 2.05) is 6.92 Å². The highest BCUT2D eigenvalue weighted by molar-refractivity contribution is 7.93. The lowest BCUT2D eigenvalue weighted by atomic mass is 10.2. The third kappa shape index (κ3) is 3.17. The number of fused-ring (bicyclic) bond motifs is 1. The molecule has 0 bridgehead atoms. The van der Waals surface area contributed by atoms with Crippen LogP contribution in [0.25, 0.3) is 10.2 Å². The monoisotopic (exact) mass is 348 g/mol. The molecule has 0 radical (unpaired) electrons. The second-order valence-corrected chi connectivity index (χ2v) is 7.64. The molecular weight excluding hydrogens is 336 g/mol. The van der Waals surface area contributed by atoms with E-state index in [0.717, 1.165) is 16.9 Å². The molecule has 0 saturated carbocycles. The van der Waals surface area contributed by atoms with E-state index in [1.54, 1.807) is 18.2 Å². The molecule has 0 fully saturated rings. The van der Waals surface area contributed by atoms with Gasteiger partial charge in [-0.15, -0.1) is 0 Å². The van der Waals surface area contributed by atoms with Crippen molar-refractivity contribution in [3.63, 3.8) is 0 Å². The molecule has 0 aliphatic carbocycles. The molecule has 1 aromatic heterocycles. The molecule has 2 aromatic carbocycles. The Balaban J connectivity index is 1.94. The van der Waals surface area contributed by atoms with Gasteiger partial charge in [-0.25, -0.2) is 18.2 Å². The fraction of sp³-hybridized carbons (Fsp3) is 0.0667. The number of sulfonamides is 1. The zero-order chi connectivity index (χ0) is 16.6. The molecule has 0 amide bonds. The van der Waals surface area contributed by atoms with Crippen molar-refractivity contribution in [3.8, 4) is 0 Å². The van der Waals surface area contributed by atoms with Crippen LogP contribution in [0, 0.1) is 6.92 Å². The zero-order valence-corrected chi connectivity index (χ0v) is 13.6. The predicted molar refractivity (Wildman–Crippen MR) is 88.6 cm³/mol. The minimum absolute atomic E-state index is 0.133. The number of carboxylic acids is 1. The zero-order valence-electron chi connectivity index (χ0n) is 12.0. The van der Waals surface area contributed by atoms with Gasteiger partial charge >= 0.3 is 5.97 Å². The molecule has 1 heterocycles. The van der Waals surface area contributed by atoms with Crippen LogP contribution in [-0.2, 0) is 10.0 Å². The summed E-state index contributed by atoms with van der Waals surface area (Å²) in [5.41, 5.74) is 1.64. The van der Waals surface area contributed by atoms with Gasteiger partial charge in [-0.2, -0.15) is 0 Å². The first kappa shape index (κ1) is 15.4. The van der Waals surface area contributed by atoms with Crippen molar-refractivity contribution in [2.45, 2.75) is 11.8 Å². The highest BCUT2D eigenvalue weighted by Gasteiger charge is 2.17. The van der Waals surface area contributed by atoms with E-state index in [1.165, 1.54) is 24.3 Å². The van der Waals surface area contributed by atoms with Crippen LogP contribution in [0.4, 0.5) is 5.13 Å². The Morgan fingerprint density at radius 1 is 1.17 bits per heavy atom. The maximum atomic E-state index is 12.3. The topological polar surface area (TPSA) is 96.4 Å². The molecule has 8 heteroatoms. The van der Waals surface area contributed by atoms with Gasteiger partial charge in [0.15, 0.2) is 5.13 Å². The molecule has 3 aromatic rings. The number of rotatable bonds is 4. The summed E-state index contributed by atoms with van der Waals surface area (Å²) < 4.78 is 27.7. The molecule has 0 aliphatic heterocycles. The van der Waals surface area contributed by atoms with E-state index in [9.17, 15) is 13.2 Å². The van der Waals surface area contributed by atoms with Gasteiger partial charge in [-0.05, 0) is 37.3 Å². The Morgan fingerprint density at radius 3 is 2.52 bits per heavy atom. The summed E-state index contributed by atoms with van der Waals surface area (Å²) in [5.74, 6) is -1.04. The van der Waals surface area contributed by atoms with E-state index in [4.69, 9.17) is 5.11 Å². The fourth-order valence-corrected chi connectivity index (χ4v) is 4.13. The van der Waals surface area contributed by atoms with E-state index in [2.05, 4.69) is 9.71 Å². The summed E-state index contributed by atoms with van der Waals surface area (Å²) in [5, 5.41) is 9.18. The summed E-state index contributed by atoms with van der Waals surface area (Å²) in [6.07, 6.45) is 0. The normalized spacial score (nSPS) is 11.5. The molecule has 6 nitrogen and oxygen atoms in total. The number of nitrogens with zero attached hydrogens (tertiary/aromatic N) is 1. The summed E-state index contributed by atoms with van der Waals surface area (Å²) in [7, 11) is -3.72. The number of nitrogens with one attached hydrogen (secondary N) is 1. The molecule has 23 heavy (non-hydrogen) atoms. The average molecular weight is 348 g/mol. The van der Waals surface area contributed by atoms with Crippen molar-refractivity contribution >= 4 is 42.7 Å². The third-order valence-electron chi connectivity index (χ3n) is 3.19. The summed E-state index contributed by atoms with van der Waals surface area (Å²) in [4.78, 5) is 15.3. The van der Waals surface area contributed by atoms with Crippen molar-refractivity contribution in [1.82, 2.24) is 4.98 Å². The van der Waals surface area contributed by atoms with Crippen molar-refractivity contribution in [2.75, 3.05) is 4.72 Å². The average Bonchev–Trinajstić information content (AvgIpc) is 2.87. The summed E-state index contributed by atoms with van der Waals surface area (Å²) in [6.45, 7) is 1.87. The SMILES string of the molecule is Cc1ccc(S(=O)(=O)Nc2nc3ccc(C(=O)O)cc3s2)cc1. The molecule has 3 rings (SSSR count). The van der Waals surface area contributed by atoms with Crippen molar-refractivity contribution in [3.05, 3.63) is 53.6 Å². The quantitative estimate of drug-likeness (QED) is 0.755. The first-order chi connectivity index (χ1) is 10.8. The van der Waals surface area contributed by atoms with Crippen molar-refractivity contribution in [1.29, 1.82) is 0 Å². The highest BCUT2D eigenvalue weighted by atomic mass is 32.2. The number of aryl methyl sites for hydroxylation is 1. The van der Waals surface area contributed by atoms with Gasteiger partial charge in [0.2, 0.25) is 0 Å². The maximum absolute atomic E-state index is 12.3. The number of carboxylic acid groups (broad SMARTS) is 1. The molecular formula is C15H12N2O4S2. The van der Waals surface area contributed by atoms with E-state index in [0.29, 0.717) is 10.2 Å². The van der Waals surface area contributed by atoms with Crippen LogP contribution in [0.2, 0.25) is 0 Å². The van der Waals surface area contributed by atoms with E-state index < -0.39 is 16.0 Å². The number of carbonyl (C=O) groups is 1. The van der Waals surface area contributed by atoms with Crippen LogP contribution in [0.15, 0.2) is 47.4 Å². The standard InChI is InChI=1S/C15H12N2O4S2/c1-9-2-5-11(6-3-9)23(20,21)17-15-16-12-7-4-10(14(18)19)8-13(12)22-15/h2-8H,1H3,(H,16,17)(H,18,19). The summed E-state index contributed by atoms with van der Waals surface area (Å²) in [6, 6.07) is 10.9. The van der Waals surface area contributed by atoms with Gasteiger partial charge in [0, 0.05) is 0 Å². The molecule has 0 saturated heterocycles. The predicted octanol–water partition coefficient (Wildman–Crippen LogP) is 3.10. The van der Waals surface area contributed by atoms with Gasteiger partial charge in [0.25, 0.3) is 10.0 Å². The molecule has 0 atom stereocenters. The van der Waals surface area contributed by atoms with Crippen molar-refractivity contribution in [2.24, 2.45) is 0 Å². The molecule has 0 spiro atoms. The largest absolute Gasteiger partial charge is 0.478 e. The smallest absolute Gasteiger partial charge is 0.335 e. The Bertz CT molecular complexity index is 992. The van der Waals surface area contributed by atoms with E-state index in [-0.39, 0.29) is 15.6 Å². The maximum Gasteiger partial charge on any atom is 0.335 e. The van der Waals surface area contributed by atoms with Crippen LogP contribution >= 0.6 is 11.3 Å². The fourth-order valence-electron chi connectivity index (χ4n) is 1.99. The van der Waals surface area contributed by atoms with Gasteiger partial charge in [0.1, 0.15) is 0 Å². The number of hydrogen-bond donors (Lipinski definition) is 2. The van der Waals surface area contributed by atoms with Crippen LogP contribution in [-0.4, -0.2) is 24.5 Å². The highest BCUT2D eigenvalue weighted by Crippen LogP contribution is 2.28. The molecule has 118 valence electrons. The van der Waals surface area contributed by atoms with Crippen LogP contribution in [0.3, 0.4) is 0 Å². The molecule has 0 unspecified atom stereocenters. The number of benzene rings is 2. The molecule has 0 aliphatic rings. The second kappa shape index (κ2) is 5.64. The minimum Gasteiger partial charge on any atom is -0.478 e. The van der Waals surface area contributed by atoms with Crippen LogP contribution < -0.4 is 4.72 Å². The summed E-state index contributed by atoms with van der Waals surface area (Å²) >= 11 is 1.09. The lowest BCUT2D eigenvalue weighted by Crippen LogP contribution is -2.12. The Labute approximate surface area is 136 Å². The number of thiazole rings is 1. The Hall–Kier alpha value is -2.45. The van der Waals surface area contributed by atoms with E-state index >= 15 is 0 Å². The third-order valence-corrected chi connectivity index (χ3v) is 5.61. The number of anilines is 1. The first-order valence-electron chi connectivity index (χ1n) is 6.58. The number of aromatic carboxylic acids is 1. The van der Waals surface area contributed by atoms with Gasteiger partial charge in [-0.1, -0.05) is 29.0 Å². The van der Waals surface area contributed by atoms with Crippen LogP contribution in [0.5, 0.6) is 0 Å². The number of hydrogen-bond acceptors (Lipinski definition) is 5. The minimum atomic E-state index is -3.72. The Morgan fingerprint density at radius 2 is 1.87 bits per heavy atom. The lowest BCUT2D eigenvalue weighted by Gasteiger charge is -2.04.